The Labute approximate surface area is 83.1 Å². The Balaban J connectivity index is 3.05. The molecule has 0 bridgehead atoms. The molecule has 0 aromatic rings. The summed E-state index contributed by atoms with van der Waals surface area (Å²) in [6.45, 7) is 9.53. The molecule has 0 rings (SSSR count). The summed E-state index contributed by atoms with van der Waals surface area (Å²) in [6.07, 6.45) is 5.32. The van der Waals surface area contributed by atoms with Crippen molar-refractivity contribution in [2.75, 3.05) is 19.7 Å². The average Bonchev–Trinajstić information content (AvgIpc) is 2.13. The van der Waals surface area contributed by atoms with Crippen LogP contribution in [0.5, 0.6) is 0 Å². The average molecular weight is 187 g/mol. The molecule has 80 valence electrons. The van der Waals surface area contributed by atoms with Gasteiger partial charge in [0.1, 0.15) is 0 Å². The van der Waals surface area contributed by atoms with Crippen molar-refractivity contribution in [1.82, 2.24) is 5.32 Å². The zero-order valence-electron chi connectivity index (χ0n) is 9.44. The van der Waals surface area contributed by atoms with E-state index in [0.29, 0.717) is 6.10 Å². The van der Waals surface area contributed by atoms with Crippen LogP contribution in [-0.4, -0.2) is 25.8 Å². The van der Waals surface area contributed by atoms with Gasteiger partial charge >= 0.3 is 0 Å². The van der Waals surface area contributed by atoms with Gasteiger partial charge in [0.05, 0.1) is 6.10 Å². The van der Waals surface area contributed by atoms with Gasteiger partial charge in [-0.15, -0.1) is 0 Å². The first kappa shape index (κ1) is 12.9. The molecular formula is C11H25NO. The van der Waals surface area contributed by atoms with Crippen LogP contribution >= 0.6 is 0 Å². The third-order valence-electron chi connectivity index (χ3n) is 2.01. The van der Waals surface area contributed by atoms with Gasteiger partial charge in [0.25, 0.3) is 0 Å². The minimum atomic E-state index is 0.364. The summed E-state index contributed by atoms with van der Waals surface area (Å²) in [5, 5.41) is 3.35. The van der Waals surface area contributed by atoms with Gasteiger partial charge in [-0.3, -0.25) is 0 Å². The summed E-state index contributed by atoms with van der Waals surface area (Å²) in [4.78, 5) is 0. The predicted octanol–water partition coefficient (Wildman–Crippen LogP) is 2.58. The Morgan fingerprint density at radius 3 is 2.54 bits per heavy atom. The summed E-state index contributed by atoms with van der Waals surface area (Å²) < 4.78 is 5.63. The second-order valence-electron chi connectivity index (χ2n) is 3.59. The summed E-state index contributed by atoms with van der Waals surface area (Å²) in [5.41, 5.74) is 0. The molecule has 0 spiro atoms. The minimum absolute atomic E-state index is 0.364. The number of nitrogens with one attached hydrogen (secondary N) is 1. The number of ether oxygens (including phenoxy) is 1. The highest BCUT2D eigenvalue weighted by Crippen LogP contribution is 1.97. The van der Waals surface area contributed by atoms with Crippen LogP contribution in [0.3, 0.4) is 0 Å². The maximum absolute atomic E-state index is 5.63. The highest BCUT2D eigenvalue weighted by Gasteiger charge is 1.99. The van der Waals surface area contributed by atoms with Crippen LogP contribution in [0.15, 0.2) is 0 Å². The molecule has 0 aliphatic heterocycles. The van der Waals surface area contributed by atoms with Gasteiger partial charge in [0.15, 0.2) is 0 Å². The third-order valence-corrected chi connectivity index (χ3v) is 2.01. The second kappa shape index (κ2) is 10.0. The Bertz CT molecular complexity index is 96.1. The van der Waals surface area contributed by atoms with E-state index in [1.54, 1.807) is 0 Å². The van der Waals surface area contributed by atoms with E-state index in [9.17, 15) is 0 Å². The van der Waals surface area contributed by atoms with Crippen molar-refractivity contribution in [3.63, 3.8) is 0 Å². The van der Waals surface area contributed by atoms with Crippen LogP contribution in [0.1, 0.15) is 46.5 Å². The van der Waals surface area contributed by atoms with E-state index in [1.165, 1.54) is 25.7 Å². The van der Waals surface area contributed by atoms with E-state index in [2.05, 4.69) is 26.1 Å². The van der Waals surface area contributed by atoms with E-state index < -0.39 is 0 Å². The lowest BCUT2D eigenvalue weighted by atomic mass is 10.3. The van der Waals surface area contributed by atoms with Gasteiger partial charge in [0, 0.05) is 13.2 Å². The van der Waals surface area contributed by atoms with E-state index >= 15 is 0 Å². The predicted molar refractivity (Wildman–Crippen MR) is 58.1 cm³/mol. The molecule has 13 heavy (non-hydrogen) atoms. The molecule has 0 aliphatic carbocycles. The molecular weight excluding hydrogens is 162 g/mol. The van der Waals surface area contributed by atoms with Crippen LogP contribution in [-0.2, 0) is 4.74 Å². The molecule has 0 saturated carbocycles. The first-order chi connectivity index (χ1) is 6.31. The van der Waals surface area contributed by atoms with Crippen molar-refractivity contribution in [2.24, 2.45) is 0 Å². The van der Waals surface area contributed by atoms with Gasteiger partial charge in [-0.05, 0) is 26.3 Å². The zero-order valence-corrected chi connectivity index (χ0v) is 9.44. The Hall–Kier alpha value is -0.0800. The van der Waals surface area contributed by atoms with Gasteiger partial charge in [-0.1, -0.05) is 26.7 Å². The lowest BCUT2D eigenvalue weighted by Crippen LogP contribution is -2.27. The van der Waals surface area contributed by atoms with Crippen LogP contribution in [0, 0.1) is 0 Å². The largest absolute Gasteiger partial charge is 0.377 e. The number of rotatable bonds is 9. The van der Waals surface area contributed by atoms with E-state index in [0.717, 1.165) is 19.7 Å². The highest BCUT2D eigenvalue weighted by atomic mass is 16.5. The van der Waals surface area contributed by atoms with Crippen LogP contribution in [0.2, 0.25) is 0 Å². The molecule has 0 amide bonds. The number of unbranched alkanes of at least 4 members (excludes halogenated alkanes) is 2. The molecule has 0 saturated heterocycles. The molecule has 0 aliphatic rings. The van der Waals surface area contributed by atoms with Crippen molar-refractivity contribution < 1.29 is 4.74 Å². The van der Waals surface area contributed by atoms with E-state index in [4.69, 9.17) is 4.74 Å². The van der Waals surface area contributed by atoms with Gasteiger partial charge in [0.2, 0.25) is 0 Å². The minimum Gasteiger partial charge on any atom is -0.377 e. The maximum Gasteiger partial charge on any atom is 0.0671 e. The van der Waals surface area contributed by atoms with Gasteiger partial charge in [-0.25, -0.2) is 0 Å². The number of hydrogen-bond acceptors (Lipinski definition) is 2. The Kier molecular flexibility index (Phi) is 9.94. The summed E-state index contributed by atoms with van der Waals surface area (Å²) in [6, 6.07) is 0. The van der Waals surface area contributed by atoms with Crippen molar-refractivity contribution in [3.8, 4) is 0 Å². The quantitative estimate of drug-likeness (QED) is 0.560. The smallest absolute Gasteiger partial charge is 0.0671 e. The topological polar surface area (TPSA) is 21.3 Å². The van der Waals surface area contributed by atoms with Crippen molar-refractivity contribution in [2.45, 2.75) is 52.6 Å². The molecule has 0 radical (unpaired) electrons. The fraction of sp³-hybridized carbons (Fsp3) is 1.00. The van der Waals surface area contributed by atoms with Crippen molar-refractivity contribution in [3.05, 3.63) is 0 Å². The van der Waals surface area contributed by atoms with E-state index in [-0.39, 0.29) is 0 Å². The summed E-state index contributed by atoms with van der Waals surface area (Å²) in [7, 11) is 0. The second-order valence-corrected chi connectivity index (χ2v) is 3.59. The van der Waals surface area contributed by atoms with Crippen LogP contribution < -0.4 is 5.32 Å². The molecule has 1 atom stereocenters. The standard InChI is InChI=1S/C11H25NO/c1-4-6-7-9-13-11(3)10-12-8-5-2/h11-12H,4-10H2,1-3H3. The number of hydrogen-bond donors (Lipinski definition) is 1. The van der Waals surface area contributed by atoms with Gasteiger partial charge in [-0.2, -0.15) is 0 Å². The molecule has 0 aromatic carbocycles. The molecule has 1 N–H and O–H groups in total. The first-order valence-corrected chi connectivity index (χ1v) is 5.63. The molecule has 2 nitrogen and oxygen atoms in total. The molecule has 0 fully saturated rings. The SMILES string of the molecule is CCCCCOC(C)CNCCC. The fourth-order valence-corrected chi connectivity index (χ4v) is 1.18. The van der Waals surface area contributed by atoms with E-state index in [1.807, 2.05) is 0 Å². The molecule has 2 heteroatoms. The Morgan fingerprint density at radius 2 is 1.92 bits per heavy atom. The summed E-state index contributed by atoms with van der Waals surface area (Å²) >= 11 is 0. The third kappa shape index (κ3) is 9.84. The first-order valence-electron chi connectivity index (χ1n) is 5.63. The fourth-order valence-electron chi connectivity index (χ4n) is 1.18. The normalized spacial score (nSPS) is 13.2. The monoisotopic (exact) mass is 187 g/mol. The molecule has 0 heterocycles. The lowest BCUT2D eigenvalue weighted by molar-refractivity contribution is 0.0634. The van der Waals surface area contributed by atoms with Crippen molar-refractivity contribution in [1.29, 1.82) is 0 Å². The maximum atomic E-state index is 5.63. The van der Waals surface area contributed by atoms with Crippen molar-refractivity contribution >= 4 is 0 Å². The zero-order chi connectivity index (χ0) is 9.94. The van der Waals surface area contributed by atoms with Gasteiger partial charge < -0.3 is 10.1 Å². The highest BCUT2D eigenvalue weighted by molar-refractivity contribution is 4.54. The Morgan fingerprint density at radius 1 is 1.15 bits per heavy atom. The molecule has 0 aromatic heterocycles. The van der Waals surface area contributed by atoms with Crippen LogP contribution in [0.4, 0.5) is 0 Å². The summed E-state index contributed by atoms with van der Waals surface area (Å²) in [5.74, 6) is 0. The molecule has 1 unspecified atom stereocenters. The lowest BCUT2D eigenvalue weighted by Gasteiger charge is -2.13. The van der Waals surface area contributed by atoms with Crippen LogP contribution in [0.25, 0.3) is 0 Å².